The minimum absolute atomic E-state index is 0.166. The van der Waals surface area contributed by atoms with Crippen LogP contribution in [0.1, 0.15) is 37.2 Å². The van der Waals surface area contributed by atoms with Crippen LogP contribution in [0.2, 0.25) is 0 Å². The van der Waals surface area contributed by atoms with Crippen LogP contribution in [-0.2, 0) is 19.0 Å². The second-order valence-corrected chi connectivity index (χ2v) is 5.88. The fraction of sp³-hybridized carbons (Fsp3) is 0.588. The molecular formula is C17H22O4. The molecule has 1 aliphatic heterocycles. The van der Waals surface area contributed by atoms with Crippen molar-refractivity contribution in [2.75, 3.05) is 20.3 Å². The zero-order valence-corrected chi connectivity index (χ0v) is 12.4. The van der Waals surface area contributed by atoms with Crippen LogP contribution in [0, 0.1) is 5.92 Å². The summed E-state index contributed by atoms with van der Waals surface area (Å²) in [5.41, 5.74) is 1.02. The lowest BCUT2D eigenvalue weighted by Crippen LogP contribution is -2.39. The topological polar surface area (TPSA) is 44.8 Å². The minimum Gasteiger partial charge on any atom is -0.469 e. The average Bonchev–Trinajstić information content (AvgIpc) is 2.96. The first-order valence-electron chi connectivity index (χ1n) is 7.65. The quantitative estimate of drug-likeness (QED) is 0.803. The lowest BCUT2D eigenvalue weighted by Gasteiger charge is -2.38. The van der Waals surface area contributed by atoms with Crippen LogP contribution < -0.4 is 0 Å². The van der Waals surface area contributed by atoms with E-state index in [4.69, 9.17) is 14.2 Å². The molecule has 1 saturated heterocycles. The lowest BCUT2D eigenvalue weighted by molar-refractivity contribution is -0.190. The first-order chi connectivity index (χ1) is 10.2. The van der Waals surface area contributed by atoms with Gasteiger partial charge in [-0.3, -0.25) is 4.79 Å². The van der Waals surface area contributed by atoms with E-state index in [9.17, 15) is 4.79 Å². The van der Waals surface area contributed by atoms with Crippen LogP contribution in [0.15, 0.2) is 30.3 Å². The highest BCUT2D eigenvalue weighted by Gasteiger charge is 2.45. The maximum absolute atomic E-state index is 12.3. The van der Waals surface area contributed by atoms with Crippen LogP contribution in [0.3, 0.4) is 0 Å². The second kappa shape index (κ2) is 6.16. The lowest BCUT2D eigenvalue weighted by atomic mass is 9.74. The van der Waals surface area contributed by atoms with Gasteiger partial charge in [0.1, 0.15) is 0 Å². The molecule has 0 bridgehead atoms. The van der Waals surface area contributed by atoms with Gasteiger partial charge < -0.3 is 14.2 Å². The van der Waals surface area contributed by atoms with Gasteiger partial charge in [-0.25, -0.2) is 0 Å². The molecule has 2 fully saturated rings. The molecule has 0 radical (unpaired) electrons. The summed E-state index contributed by atoms with van der Waals surface area (Å²) < 4.78 is 16.7. The Morgan fingerprint density at radius 3 is 2.67 bits per heavy atom. The number of esters is 1. The molecule has 0 N–H and O–H groups in total. The standard InChI is InChI=1S/C17H22O4/c1-19-16(18)15(13-6-3-2-4-7-13)14-8-5-9-17(12-14)20-10-11-21-17/h2-4,6-7,14-15H,5,8-12H2,1H3/t14-,15-/m1/s1. The van der Waals surface area contributed by atoms with E-state index in [0.717, 1.165) is 31.2 Å². The summed E-state index contributed by atoms with van der Waals surface area (Å²) in [6, 6.07) is 9.89. The Balaban J connectivity index is 1.84. The Hall–Kier alpha value is -1.39. The van der Waals surface area contributed by atoms with E-state index in [0.29, 0.717) is 13.2 Å². The van der Waals surface area contributed by atoms with Gasteiger partial charge in [-0.1, -0.05) is 30.3 Å². The number of ether oxygens (including phenoxy) is 3. The van der Waals surface area contributed by atoms with Gasteiger partial charge in [-0.05, 0) is 24.3 Å². The van der Waals surface area contributed by atoms with Gasteiger partial charge in [0.15, 0.2) is 5.79 Å². The molecule has 1 aromatic rings. The van der Waals surface area contributed by atoms with Crippen LogP contribution in [0.25, 0.3) is 0 Å². The van der Waals surface area contributed by atoms with Crippen LogP contribution >= 0.6 is 0 Å². The van der Waals surface area contributed by atoms with E-state index in [1.807, 2.05) is 30.3 Å². The summed E-state index contributed by atoms with van der Waals surface area (Å²) in [6.45, 7) is 1.31. The largest absolute Gasteiger partial charge is 0.469 e. The van der Waals surface area contributed by atoms with Gasteiger partial charge >= 0.3 is 5.97 Å². The van der Waals surface area contributed by atoms with Crippen LogP contribution in [0.4, 0.5) is 0 Å². The monoisotopic (exact) mass is 290 g/mol. The molecule has 21 heavy (non-hydrogen) atoms. The number of rotatable bonds is 3. The molecule has 114 valence electrons. The summed E-state index contributed by atoms with van der Waals surface area (Å²) in [7, 11) is 1.46. The minimum atomic E-state index is -0.468. The number of hydrogen-bond donors (Lipinski definition) is 0. The van der Waals surface area contributed by atoms with Crippen molar-refractivity contribution in [1.29, 1.82) is 0 Å². The Kier molecular flexibility index (Phi) is 4.27. The highest BCUT2D eigenvalue weighted by Crippen LogP contribution is 2.44. The van der Waals surface area contributed by atoms with Gasteiger partial charge in [0.05, 0.1) is 26.2 Å². The van der Waals surface area contributed by atoms with Crippen molar-refractivity contribution in [2.24, 2.45) is 5.92 Å². The molecule has 1 heterocycles. The Labute approximate surface area is 125 Å². The molecule has 2 atom stereocenters. The summed E-state index contributed by atoms with van der Waals surface area (Å²) in [6.07, 6.45) is 3.71. The van der Waals surface area contributed by atoms with Gasteiger partial charge in [0.25, 0.3) is 0 Å². The van der Waals surface area contributed by atoms with E-state index in [-0.39, 0.29) is 17.8 Å². The molecule has 0 amide bonds. The van der Waals surface area contributed by atoms with Gasteiger partial charge in [-0.15, -0.1) is 0 Å². The first-order valence-corrected chi connectivity index (χ1v) is 7.65. The SMILES string of the molecule is COC(=O)[C@H](c1ccccc1)[C@@H]1CCCC2(C1)OCCO2. The van der Waals surface area contributed by atoms with Crippen molar-refractivity contribution in [1.82, 2.24) is 0 Å². The first kappa shape index (κ1) is 14.5. The average molecular weight is 290 g/mol. The van der Waals surface area contributed by atoms with Crippen molar-refractivity contribution in [3.63, 3.8) is 0 Å². The zero-order valence-electron chi connectivity index (χ0n) is 12.4. The molecule has 4 heteroatoms. The predicted octanol–water partition coefficient (Wildman–Crippen LogP) is 2.88. The van der Waals surface area contributed by atoms with E-state index in [2.05, 4.69) is 0 Å². The zero-order chi connectivity index (χ0) is 14.7. The normalized spacial score (nSPS) is 25.7. The Morgan fingerprint density at radius 2 is 2.00 bits per heavy atom. The van der Waals surface area contributed by atoms with Crippen molar-refractivity contribution in [3.8, 4) is 0 Å². The van der Waals surface area contributed by atoms with E-state index >= 15 is 0 Å². The fourth-order valence-corrected chi connectivity index (χ4v) is 3.67. The smallest absolute Gasteiger partial charge is 0.313 e. The summed E-state index contributed by atoms with van der Waals surface area (Å²) in [5.74, 6) is -0.668. The Bertz CT molecular complexity index is 479. The van der Waals surface area contributed by atoms with Crippen molar-refractivity contribution < 1.29 is 19.0 Å². The predicted molar refractivity (Wildman–Crippen MR) is 77.8 cm³/mol. The second-order valence-electron chi connectivity index (χ2n) is 5.88. The number of methoxy groups -OCH3 is 1. The van der Waals surface area contributed by atoms with E-state index in [1.165, 1.54) is 7.11 Å². The van der Waals surface area contributed by atoms with Crippen molar-refractivity contribution in [2.45, 2.75) is 37.4 Å². The van der Waals surface area contributed by atoms with E-state index in [1.54, 1.807) is 0 Å². The number of carbonyl (C=O) groups is 1. The third-order valence-electron chi connectivity index (χ3n) is 4.60. The number of carbonyl (C=O) groups excluding carboxylic acids is 1. The van der Waals surface area contributed by atoms with Crippen molar-refractivity contribution in [3.05, 3.63) is 35.9 Å². The molecule has 3 rings (SSSR count). The summed E-state index contributed by atoms with van der Waals surface area (Å²) in [5, 5.41) is 0. The van der Waals surface area contributed by atoms with E-state index < -0.39 is 5.79 Å². The highest BCUT2D eigenvalue weighted by molar-refractivity contribution is 5.78. The molecule has 1 spiro atoms. The molecule has 0 aromatic heterocycles. The van der Waals surface area contributed by atoms with Gasteiger partial charge in [-0.2, -0.15) is 0 Å². The molecule has 2 aliphatic rings. The molecule has 4 nitrogen and oxygen atoms in total. The fourth-order valence-electron chi connectivity index (χ4n) is 3.67. The van der Waals surface area contributed by atoms with Gasteiger partial charge in [0, 0.05) is 12.8 Å². The summed E-state index contributed by atoms with van der Waals surface area (Å²) >= 11 is 0. The van der Waals surface area contributed by atoms with Crippen molar-refractivity contribution >= 4 is 5.97 Å². The number of hydrogen-bond acceptors (Lipinski definition) is 4. The molecular weight excluding hydrogens is 268 g/mol. The van der Waals surface area contributed by atoms with Crippen LogP contribution in [0.5, 0.6) is 0 Å². The molecule has 1 saturated carbocycles. The maximum Gasteiger partial charge on any atom is 0.313 e. The van der Waals surface area contributed by atoms with Crippen LogP contribution in [-0.4, -0.2) is 32.1 Å². The highest BCUT2D eigenvalue weighted by atomic mass is 16.7. The third kappa shape index (κ3) is 2.97. The maximum atomic E-state index is 12.3. The summed E-state index contributed by atoms with van der Waals surface area (Å²) in [4.78, 5) is 12.3. The molecule has 1 aromatic carbocycles. The molecule has 0 unspecified atom stereocenters. The Morgan fingerprint density at radius 1 is 1.29 bits per heavy atom. The number of benzene rings is 1. The third-order valence-corrected chi connectivity index (χ3v) is 4.60. The molecule has 1 aliphatic carbocycles. The van der Waals surface area contributed by atoms with Gasteiger partial charge in [0.2, 0.25) is 0 Å².